The Balaban J connectivity index is 1.89. The van der Waals surface area contributed by atoms with Gasteiger partial charge in [0.25, 0.3) is 0 Å². The van der Waals surface area contributed by atoms with Crippen LogP contribution in [0.15, 0.2) is 53.5 Å². The molecule has 2 heterocycles. The second kappa shape index (κ2) is 7.34. The number of phenolic OH excluding ortho intramolecular Hbond substituents is 1. The molecule has 1 aliphatic rings. The molecule has 0 spiro atoms. The number of nitrogens with one attached hydrogen (secondary N) is 2. The number of nitriles is 2. The van der Waals surface area contributed by atoms with Crippen LogP contribution in [0.1, 0.15) is 22.7 Å². The average molecular weight is 396 g/mol. The van der Waals surface area contributed by atoms with Gasteiger partial charge in [0.1, 0.15) is 35.1 Å². The van der Waals surface area contributed by atoms with Crippen LogP contribution >= 0.6 is 0 Å². The number of aromatic hydroxyl groups is 1. The molecule has 0 bridgehead atoms. The number of nitrogens with zero attached hydrogens (tertiary/aromatic N) is 4. The number of hydrogen-bond donors (Lipinski definition) is 5. The number of rotatable bonds is 2. The van der Waals surface area contributed by atoms with Gasteiger partial charge in [-0.05, 0) is 34.9 Å². The number of nitrogen functional groups attached to an aromatic ring is 2. The Bertz CT molecular complexity index is 1270. The van der Waals surface area contributed by atoms with Crippen molar-refractivity contribution >= 4 is 23.3 Å². The Morgan fingerprint density at radius 1 is 1.07 bits per heavy atom. The highest BCUT2D eigenvalue weighted by molar-refractivity contribution is 5.98. The SMILES string of the molecule is N#CNC1=NC(c2cccc(-c3cccc(O)c3)c2)c2c(nc(N)c(C#N)c2N)N1. The summed E-state index contributed by atoms with van der Waals surface area (Å²) in [4.78, 5) is 8.80. The summed E-state index contributed by atoms with van der Waals surface area (Å²) in [5.74, 6) is 0.663. The summed E-state index contributed by atoms with van der Waals surface area (Å²) in [7, 11) is 0. The fourth-order valence-corrected chi connectivity index (χ4v) is 3.40. The summed E-state index contributed by atoms with van der Waals surface area (Å²) >= 11 is 0. The van der Waals surface area contributed by atoms with Gasteiger partial charge >= 0.3 is 0 Å². The molecule has 0 saturated heterocycles. The first-order chi connectivity index (χ1) is 14.5. The van der Waals surface area contributed by atoms with Crippen molar-refractivity contribution in [3.8, 4) is 29.1 Å². The molecule has 0 fully saturated rings. The van der Waals surface area contributed by atoms with Crippen LogP contribution in [-0.4, -0.2) is 16.1 Å². The van der Waals surface area contributed by atoms with Gasteiger partial charge < -0.3 is 21.9 Å². The van der Waals surface area contributed by atoms with E-state index in [1.54, 1.807) is 18.2 Å². The van der Waals surface area contributed by atoms with Gasteiger partial charge in [0.05, 0.1) is 5.69 Å². The van der Waals surface area contributed by atoms with Crippen molar-refractivity contribution < 1.29 is 5.11 Å². The Morgan fingerprint density at radius 3 is 2.50 bits per heavy atom. The summed E-state index contributed by atoms with van der Waals surface area (Å²) in [6, 6.07) is 15.8. The standard InChI is InChI=1S/C21H16N8O/c22-9-15-17(24)16-18(27-21(26-10-23)29-20(16)28-19(15)25)13-5-1-3-11(7-13)12-4-2-6-14(30)8-12/h1-8,18,30H,(H6,24,25,26,27,28,29). The van der Waals surface area contributed by atoms with Crippen LogP contribution in [-0.2, 0) is 0 Å². The number of hydrogen-bond acceptors (Lipinski definition) is 9. The van der Waals surface area contributed by atoms with E-state index in [1.807, 2.05) is 42.6 Å². The maximum absolute atomic E-state index is 9.80. The van der Waals surface area contributed by atoms with Crippen LogP contribution < -0.4 is 22.1 Å². The van der Waals surface area contributed by atoms with Crippen LogP contribution in [0.3, 0.4) is 0 Å². The molecule has 2 aromatic carbocycles. The molecule has 1 atom stereocenters. The molecule has 0 amide bonds. The highest BCUT2D eigenvalue weighted by atomic mass is 16.3. The van der Waals surface area contributed by atoms with E-state index in [1.165, 1.54) is 0 Å². The van der Waals surface area contributed by atoms with Gasteiger partial charge in [0.15, 0.2) is 6.19 Å². The molecule has 4 rings (SSSR count). The second-order valence-electron chi connectivity index (χ2n) is 6.58. The quantitative estimate of drug-likeness (QED) is 0.325. The predicted molar refractivity (Wildman–Crippen MR) is 113 cm³/mol. The van der Waals surface area contributed by atoms with E-state index in [9.17, 15) is 10.4 Å². The van der Waals surface area contributed by atoms with Crippen molar-refractivity contribution in [2.45, 2.75) is 6.04 Å². The van der Waals surface area contributed by atoms with E-state index in [-0.39, 0.29) is 28.8 Å². The second-order valence-corrected chi connectivity index (χ2v) is 6.58. The third kappa shape index (κ3) is 3.17. The highest BCUT2D eigenvalue weighted by Gasteiger charge is 2.29. The maximum atomic E-state index is 9.80. The number of aliphatic imine (C=N–C) groups is 1. The van der Waals surface area contributed by atoms with E-state index >= 15 is 0 Å². The number of anilines is 3. The summed E-state index contributed by atoms with van der Waals surface area (Å²) < 4.78 is 0. The molecule has 1 aromatic heterocycles. The summed E-state index contributed by atoms with van der Waals surface area (Å²) in [6.07, 6.45) is 1.82. The Morgan fingerprint density at radius 2 is 1.80 bits per heavy atom. The Hall–Kier alpha value is -4.76. The molecule has 9 nitrogen and oxygen atoms in total. The van der Waals surface area contributed by atoms with E-state index in [0.29, 0.717) is 11.4 Å². The predicted octanol–water partition coefficient (Wildman–Crippen LogP) is 2.43. The third-order valence-electron chi connectivity index (χ3n) is 4.74. The molecular weight excluding hydrogens is 380 g/mol. The maximum Gasteiger partial charge on any atom is 0.211 e. The molecule has 3 aromatic rings. The fraction of sp³-hybridized carbons (Fsp3) is 0.0476. The molecule has 1 unspecified atom stereocenters. The van der Waals surface area contributed by atoms with Crippen LogP contribution in [0.5, 0.6) is 5.75 Å². The zero-order valence-corrected chi connectivity index (χ0v) is 15.6. The van der Waals surface area contributed by atoms with E-state index in [4.69, 9.17) is 16.7 Å². The minimum absolute atomic E-state index is 0.00767. The molecule has 1 aliphatic heterocycles. The van der Waals surface area contributed by atoms with Gasteiger partial charge in [-0.15, -0.1) is 0 Å². The van der Waals surface area contributed by atoms with Gasteiger partial charge in [0, 0.05) is 5.56 Å². The molecule has 7 N–H and O–H groups in total. The largest absolute Gasteiger partial charge is 0.508 e. The number of nitrogens with two attached hydrogens (primary N) is 2. The number of benzene rings is 2. The van der Waals surface area contributed by atoms with Crippen molar-refractivity contribution in [2.24, 2.45) is 4.99 Å². The van der Waals surface area contributed by atoms with Crippen LogP contribution in [0, 0.1) is 22.8 Å². The van der Waals surface area contributed by atoms with Gasteiger partial charge in [-0.1, -0.05) is 30.3 Å². The number of fused-ring (bicyclic) bond motifs is 1. The average Bonchev–Trinajstić information content (AvgIpc) is 2.73. The van der Waals surface area contributed by atoms with E-state index in [0.717, 1.165) is 16.7 Å². The number of aromatic nitrogens is 1. The summed E-state index contributed by atoms with van der Waals surface area (Å²) in [5, 5.41) is 33.6. The normalized spacial score (nSPS) is 14.5. The zero-order chi connectivity index (χ0) is 21.3. The number of pyridine rings is 1. The van der Waals surface area contributed by atoms with E-state index < -0.39 is 6.04 Å². The minimum atomic E-state index is -0.630. The molecule has 0 saturated carbocycles. The number of guanidine groups is 1. The lowest BCUT2D eigenvalue weighted by atomic mass is 9.93. The van der Waals surface area contributed by atoms with Crippen LogP contribution in [0.4, 0.5) is 17.3 Å². The van der Waals surface area contributed by atoms with Crippen molar-refractivity contribution in [2.75, 3.05) is 16.8 Å². The van der Waals surface area contributed by atoms with Crippen molar-refractivity contribution in [1.29, 1.82) is 10.5 Å². The van der Waals surface area contributed by atoms with Crippen LogP contribution in [0.25, 0.3) is 11.1 Å². The van der Waals surface area contributed by atoms with Gasteiger partial charge in [-0.3, -0.25) is 5.32 Å². The first kappa shape index (κ1) is 18.6. The van der Waals surface area contributed by atoms with Gasteiger partial charge in [-0.2, -0.15) is 10.5 Å². The lowest BCUT2D eigenvalue weighted by Gasteiger charge is -2.26. The lowest BCUT2D eigenvalue weighted by molar-refractivity contribution is 0.475. The topological polar surface area (TPSA) is 169 Å². The Labute approximate surface area is 171 Å². The number of phenols is 1. The first-order valence-electron chi connectivity index (χ1n) is 8.90. The Kier molecular flexibility index (Phi) is 4.55. The first-order valence-corrected chi connectivity index (χ1v) is 8.90. The van der Waals surface area contributed by atoms with Gasteiger partial charge in [0.2, 0.25) is 5.96 Å². The molecule has 0 radical (unpaired) electrons. The van der Waals surface area contributed by atoms with Crippen molar-refractivity contribution in [1.82, 2.24) is 10.3 Å². The van der Waals surface area contributed by atoms with Crippen LogP contribution in [0.2, 0.25) is 0 Å². The minimum Gasteiger partial charge on any atom is -0.508 e. The van der Waals surface area contributed by atoms with Gasteiger partial charge in [-0.25, -0.2) is 9.98 Å². The fourth-order valence-electron chi connectivity index (χ4n) is 3.40. The lowest BCUT2D eigenvalue weighted by Crippen LogP contribution is -2.32. The van der Waals surface area contributed by atoms with E-state index in [2.05, 4.69) is 20.6 Å². The van der Waals surface area contributed by atoms with Crippen molar-refractivity contribution in [3.05, 3.63) is 65.2 Å². The highest BCUT2D eigenvalue weighted by Crippen LogP contribution is 2.41. The molecule has 146 valence electrons. The third-order valence-corrected chi connectivity index (χ3v) is 4.74. The zero-order valence-electron chi connectivity index (χ0n) is 15.6. The monoisotopic (exact) mass is 396 g/mol. The van der Waals surface area contributed by atoms with Crippen molar-refractivity contribution in [3.63, 3.8) is 0 Å². The smallest absolute Gasteiger partial charge is 0.211 e. The molecule has 9 heteroatoms. The summed E-state index contributed by atoms with van der Waals surface area (Å²) in [6.45, 7) is 0. The molecule has 30 heavy (non-hydrogen) atoms. The summed E-state index contributed by atoms with van der Waals surface area (Å²) in [5.41, 5.74) is 15.3. The molecular formula is C21H16N8O. The molecule has 0 aliphatic carbocycles.